The van der Waals surface area contributed by atoms with Crippen molar-refractivity contribution in [2.75, 3.05) is 61.8 Å². The summed E-state index contributed by atoms with van der Waals surface area (Å²) >= 11 is 0. The van der Waals surface area contributed by atoms with Gasteiger partial charge in [-0.3, -0.25) is 0 Å². The molecule has 7 nitrogen and oxygen atoms in total. The summed E-state index contributed by atoms with van der Waals surface area (Å²) < 4.78 is 28.9. The van der Waals surface area contributed by atoms with Gasteiger partial charge >= 0.3 is 0 Å². The number of methoxy groups -OCH3 is 5. The van der Waals surface area contributed by atoms with Crippen LogP contribution in [-0.4, -0.2) is 71.4 Å². The molecular formula is C25H36ClNO6. The molecule has 8 heteroatoms. The fraction of sp³-hybridized carbons (Fsp3) is 0.520. The molecule has 0 saturated heterocycles. The molecule has 1 aliphatic rings. The van der Waals surface area contributed by atoms with Gasteiger partial charge in [0.15, 0.2) is 23.0 Å². The van der Waals surface area contributed by atoms with Gasteiger partial charge in [-0.1, -0.05) is 0 Å². The minimum absolute atomic E-state index is 0. The molecule has 1 N–H and O–H groups in total. The van der Waals surface area contributed by atoms with Gasteiger partial charge in [0.05, 0.1) is 55.2 Å². The van der Waals surface area contributed by atoms with Crippen molar-refractivity contribution >= 4 is 0 Å². The van der Waals surface area contributed by atoms with Crippen LogP contribution in [-0.2, 0) is 6.42 Å². The molecule has 0 aromatic heterocycles. The molecule has 2 atom stereocenters. The largest absolute Gasteiger partial charge is 1.00 e. The molecule has 0 bridgehead atoms. The monoisotopic (exact) mass is 481 g/mol. The van der Waals surface area contributed by atoms with Gasteiger partial charge in [-0.15, -0.1) is 0 Å². The first-order chi connectivity index (χ1) is 15.5. The third kappa shape index (κ3) is 4.95. The quantitative estimate of drug-likeness (QED) is 0.501. The van der Waals surface area contributed by atoms with Crippen LogP contribution in [0.3, 0.4) is 0 Å². The van der Waals surface area contributed by atoms with E-state index in [1.165, 1.54) is 11.1 Å². The molecule has 1 aliphatic heterocycles. The Hall–Kier alpha value is -2.35. The van der Waals surface area contributed by atoms with E-state index >= 15 is 0 Å². The van der Waals surface area contributed by atoms with Crippen LogP contribution in [0.25, 0.3) is 0 Å². The van der Waals surface area contributed by atoms with Crippen molar-refractivity contribution in [2.45, 2.75) is 25.8 Å². The van der Waals surface area contributed by atoms with Crippen LogP contribution in [0.4, 0.5) is 0 Å². The number of quaternary nitrogens is 1. The van der Waals surface area contributed by atoms with Gasteiger partial charge in [0.2, 0.25) is 5.75 Å². The van der Waals surface area contributed by atoms with E-state index in [1.807, 2.05) is 12.1 Å². The smallest absolute Gasteiger partial charge is 0.203 e. The van der Waals surface area contributed by atoms with E-state index in [-0.39, 0.29) is 25.1 Å². The van der Waals surface area contributed by atoms with Gasteiger partial charge < -0.3 is 45.7 Å². The minimum atomic E-state index is 0. The molecule has 0 spiro atoms. The summed E-state index contributed by atoms with van der Waals surface area (Å²) in [6, 6.07) is 8.29. The van der Waals surface area contributed by atoms with Crippen molar-refractivity contribution < 1.29 is 45.7 Å². The highest BCUT2D eigenvalue weighted by molar-refractivity contribution is 5.57. The molecule has 2 aromatic carbocycles. The molecule has 0 radical (unpaired) electrons. The van der Waals surface area contributed by atoms with Crippen molar-refractivity contribution in [1.82, 2.24) is 0 Å². The molecule has 184 valence electrons. The summed E-state index contributed by atoms with van der Waals surface area (Å²) in [5.74, 6) is 3.28. The van der Waals surface area contributed by atoms with Gasteiger partial charge in [-0.2, -0.15) is 0 Å². The lowest BCUT2D eigenvalue weighted by atomic mass is 9.84. The Bertz CT molecular complexity index is 912. The van der Waals surface area contributed by atoms with Gasteiger partial charge in [0.1, 0.15) is 6.04 Å². The number of benzene rings is 2. The molecule has 0 aliphatic carbocycles. The Labute approximate surface area is 203 Å². The lowest BCUT2D eigenvalue weighted by Crippen LogP contribution is -3.00. The van der Waals surface area contributed by atoms with Crippen molar-refractivity contribution in [3.63, 3.8) is 0 Å². The maximum absolute atomic E-state index is 9.64. The Morgan fingerprint density at radius 1 is 0.848 bits per heavy atom. The molecule has 0 amide bonds. The second kappa shape index (κ2) is 11.7. The number of halogens is 1. The Kier molecular flexibility index (Phi) is 9.52. The third-order valence-electron chi connectivity index (χ3n) is 6.71. The van der Waals surface area contributed by atoms with Crippen LogP contribution >= 0.6 is 0 Å². The third-order valence-corrected chi connectivity index (χ3v) is 6.71. The van der Waals surface area contributed by atoms with E-state index in [4.69, 9.17) is 23.7 Å². The number of likely N-dealkylation sites (N-methyl/N-ethyl adjacent to an activating group) is 1. The van der Waals surface area contributed by atoms with E-state index in [2.05, 4.69) is 19.1 Å². The highest BCUT2D eigenvalue weighted by Crippen LogP contribution is 2.48. The molecule has 1 unspecified atom stereocenters. The van der Waals surface area contributed by atoms with Crippen molar-refractivity contribution in [3.8, 4) is 28.7 Å². The number of rotatable bonds is 10. The van der Waals surface area contributed by atoms with E-state index in [9.17, 15) is 5.11 Å². The molecule has 33 heavy (non-hydrogen) atoms. The minimum Gasteiger partial charge on any atom is -1.00 e. The average molecular weight is 482 g/mol. The highest BCUT2D eigenvalue weighted by Gasteiger charge is 2.43. The number of aliphatic hydroxyl groups excluding tert-OH is 1. The summed E-state index contributed by atoms with van der Waals surface area (Å²) in [6.45, 7) is 5.13. The number of hydrogen-bond donors (Lipinski definition) is 1. The first-order valence-corrected chi connectivity index (χ1v) is 11.0. The molecule has 2 aromatic rings. The van der Waals surface area contributed by atoms with E-state index in [1.54, 1.807) is 35.5 Å². The number of ether oxygens (including phenoxy) is 5. The van der Waals surface area contributed by atoms with Crippen molar-refractivity contribution in [2.24, 2.45) is 0 Å². The zero-order valence-electron chi connectivity index (χ0n) is 20.4. The maximum Gasteiger partial charge on any atom is 0.203 e. The molecule has 0 saturated carbocycles. The van der Waals surface area contributed by atoms with Gasteiger partial charge in [-0.05, 0) is 36.8 Å². The molecule has 3 rings (SSSR count). The van der Waals surface area contributed by atoms with Crippen molar-refractivity contribution in [3.05, 3.63) is 41.0 Å². The standard InChI is InChI=1S/C25H36NO6.ClH/c1-7-26(10-8-12-27)11-9-17-13-20(28-2)21(29-3)16-19(17)24(26)18-14-22(30-4)25(32-6)23(15-18)31-5;/h13-16,24,27H,7-12H2,1-6H3;1H/q+1;/p-1/t24-,26?;/m0./s1. The van der Waals surface area contributed by atoms with E-state index in [0.29, 0.717) is 23.0 Å². The second-order valence-electron chi connectivity index (χ2n) is 8.08. The predicted octanol–water partition coefficient (Wildman–Crippen LogP) is 0.598. The van der Waals surface area contributed by atoms with Crippen LogP contribution in [0.5, 0.6) is 28.7 Å². The predicted molar refractivity (Wildman–Crippen MR) is 123 cm³/mol. The van der Waals surface area contributed by atoms with Crippen LogP contribution < -0.4 is 36.1 Å². The summed E-state index contributed by atoms with van der Waals surface area (Å²) in [7, 11) is 8.21. The topological polar surface area (TPSA) is 66.4 Å². The number of aliphatic hydroxyl groups is 1. The van der Waals surface area contributed by atoms with Crippen LogP contribution in [0.15, 0.2) is 24.3 Å². The first-order valence-electron chi connectivity index (χ1n) is 11.0. The summed E-state index contributed by atoms with van der Waals surface area (Å²) in [6.07, 6.45) is 1.66. The normalized spacial score (nSPS) is 19.2. The zero-order chi connectivity index (χ0) is 23.3. The number of nitrogens with zero attached hydrogens (tertiary/aromatic N) is 1. The van der Waals surface area contributed by atoms with E-state index in [0.717, 1.165) is 48.3 Å². The van der Waals surface area contributed by atoms with Crippen LogP contribution in [0.1, 0.15) is 36.1 Å². The Morgan fingerprint density at radius 2 is 1.42 bits per heavy atom. The SMILES string of the molecule is CC[N+]1(CCCO)CCc2cc(OC)c(OC)cc2[C@@H]1c1cc(OC)c(OC)c(OC)c1.[Cl-]. The second-order valence-corrected chi connectivity index (χ2v) is 8.08. The highest BCUT2D eigenvalue weighted by atomic mass is 35.5. The van der Waals surface area contributed by atoms with Crippen molar-refractivity contribution in [1.29, 1.82) is 0 Å². The average Bonchev–Trinajstić information content (AvgIpc) is 2.85. The molecular weight excluding hydrogens is 446 g/mol. The fourth-order valence-corrected chi connectivity index (χ4v) is 5.06. The number of hydrogen-bond acceptors (Lipinski definition) is 6. The van der Waals surface area contributed by atoms with Gasteiger partial charge in [0, 0.05) is 30.6 Å². The number of fused-ring (bicyclic) bond motifs is 1. The lowest BCUT2D eigenvalue weighted by Gasteiger charge is -2.48. The van der Waals surface area contributed by atoms with Gasteiger partial charge in [0.25, 0.3) is 0 Å². The summed E-state index contributed by atoms with van der Waals surface area (Å²) in [5, 5.41) is 9.64. The lowest BCUT2D eigenvalue weighted by molar-refractivity contribution is -0.952. The van der Waals surface area contributed by atoms with Crippen LogP contribution in [0.2, 0.25) is 0 Å². The molecule has 1 heterocycles. The Balaban J connectivity index is 0.00000385. The zero-order valence-corrected chi connectivity index (χ0v) is 21.2. The maximum atomic E-state index is 9.64. The van der Waals surface area contributed by atoms with E-state index < -0.39 is 0 Å². The summed E-state index contributed by atoms with van der Waals surface area (Å²) in [5.41, 5.74) is 3.52. The first kappa shape index (κ1) is 26.9. The van der Waals surface area contributed by atoms with Crippen LogP contribution in [0, 0.1) is 0 Å². The summed E-state index contributed by atoms with van der Waals surface area (Å²) in [4.78, 5) is 0. The Morgan fingerprint density at radius 3 is 1.91 bits per heavy atom. The molecule has 0 fully saturated rings. The van der Waals surface area contributed by atoms with Gasteiger partial charge in [-0.25, -0.2) is 0 Å². The fourth-order valence-electron chi connectivity index (χ4n) is 5.06.